The van der Waals surface area contributed by atoms with E-state index in [0.717, 1.165) is 15.8 Å². The summed E-state index contributed by atoms with van der Waals surface area (Å²) in [4.78, 5) is 12.0. The smallest absolute Gasteiger partial charge is 0.269 e. The third-order valence-electron chi connectivity index (χ3n) is 3.32. The minimum Gasteiger partial charge on any atom is -0.336 e. The minimum absolute atomic E-state index is 0.310. The van der Waals surface area contributed by atoms with E-state index in [0.29, 0.717) is 11.3 Å². The molecule has 0 bridgehead atoms. The lowest BCUT2D eigenvalue weighted by Crippen LogP contribution is -2.28. The number of aromatic nitrogens is 1. The first-order chi connectivity index (χ1) is 10.1. The van der Waals surface area contributed by atoms with E-state index in [9.17, 15) is 9.18 Å². The number of nitrogens with two attached hydrogens (primary N) is 1. The van der Waals surface area contributed by atoms with Crippen LogP contribution in [0.25, 0.3) is 22.4 Å². The molecule has 0 unspecified atom stereocenters. The quantitative estimate of drug-likeness (QED) is 0.733. The molecule has 3 aromatic rings. The number of rotatable bonds is 2. The second-order valence-electron chi connectivity index (χ2n) is 4.71. The standard InChI is InChI=1S/C17H13FN2O/c18-15-8-6-12(7-9-15)14-10-16(20(19)17(21)11-14)13-4-2-1-3-5-13/h1-11H,19H2. The predicted molar refractivity (Wildman–Crippen MR) is 81.7 cm³/mol. The van der Waals surface area contributed by atoms with Crippen LogP contribution in [-0.2, 0) is 0 Å². The highest BCUT2D eigenvalue weighted by atomic mass is 19.1. The van der Waals surface area contributed by atoms with Crippen molar-refractivity contribution in [2.75, 3.05) is 5.84 Å². The number of nitrogens with zero attached hydrogens (tertiary/aromatic N) is 1. The Labute approximate surface area is 121 Å². The Balaban J connectivity index is 2.19. The van der Waals surface area contributed by atoms with E-state index in [2.05, 4.69) is 0 Å². The molecule has 1 aromatic heterocycles. The average molecular weight is 280 g/mol. The van der Waals surface area contributed by atoms with Gasteiger partial charge in [0, 0.05) is 11.6 Å². The summed E-state index contributed by atoms with van der Waals surface area (Å²) in [7, 11) is 0. The molecule has 0 amide bonds. The van der Waals surface area contributed by atoms with E-state index in [4.69, 9.17) is 5.84 Å². The van der Waals surface area contributed by atoms with Gasteiger partial charge in [-0.05, 0) is 29.3 Å². The summed E-state index contributed by atoms with van der Waals surface area (Å²) < 4.78 is 14.1. The van der Waals surface area contributed by atoms with Crippen LogP contribution in [0.2, 0.25) is 0 Å². The molecule has 0 aliphatic rings. The summed E-state index contributed by atoms with van der Waals surface area (Å²) in [6.45, 7) is 0. The van der Waals surface area contributed by atoms with Crippen LogP contribution in [0.5, 0.6) is 0 Å². The molecule has 0 saturated carbocycles. The molecule has 2 aromatic carbocycles. The zero-order valence-electron chi connectivity index (χ0n) is 11.2. The minimum atomic E-state index is -0.311. The lowest BCUT2D eigenvalue weighted by molar-refractivity contribution is 0.628. The number of halogens is 1. The molecule has 21 heavy (non-hydrogen) atoms. The third kappa shape index (κ3) is 2.56. The molecule has 0 radical (unpaired) electrons. The van der Waals surface area contributed by atoms with Gasteiger partial charge in [0.25, 0.3) is 5.56 Å². The van der Waals surface area contributed by atoms with Crippen LogP contribution >= 0.6 is 0 Å². The average Bonchev–Trinajstić information content (AvgIpc) is 2.51. The monoisotopic (exact) mass is 280 g/mol. The van der Waals surface area contributed by atoms with Gasteiger partial charge in [0.1, 0.15) is 5.82 Å². The topological polar surface area (TPSA) is 48.0 Å². The van der Waals surface area contributed by atoms with E-state index >= 15 is 0 Å². The van der Waals surface area contributed by atoms with Crippen molar-refractivity contribution in [1.29, 1.82) is 0 Å². The van der Waals surface area contributed by atoms with Crippen molar-refractivity contribution in [3.05, 3.63) is 82.9 Å². The van der Waals surface area contributed by atoms with E-state index < -0.39 is 0 Å². The van der Waals surface area contributed by atoms with Gasteiger partial charge in [0.15, 0.2) is 0 Å². The second-order valence-corrected chi connectivity index (χ2v) is 4.71. The van der Waals surface area contributed by atoms with E-state index in [1.807, 2.05) is 36.4 Å². The fourth-order valence-corrected chi connectivity index (χ4v) is 2.22. The van der Waals surface area contributed by atoms with Gasteiger partial charge in [-0.15, -0.1) is 0 Å². The van der Waals surface area contributed by atoms with Crippen molar-refractivity contribution in [2.24, 2.45) is 0 Å². The maximum Gasteiger partial charge on any atom is 0.269 e. The summed E-state index contributed by atoms with van der Waals surface area (Å²) in [5.74, 6) is 5.52. The highest BCUT2D eigenvalue weighted by molar-refractivity contribution is 5.70. The van der Waals surface area contributed by atoms with Gasteiger partial charge in [0.2, 0.25) is 0 Å². The number of pyridine rings is 1. The molecule has 4 heteroatoms. The first kappa shape index (κ1) is 13.1. The summed E-state index contributed by atoms with van der Waals surface area (Å²) >= 11 is 0. The maximum atomic E-state index is 13.0. The zero-order valence-corrected chi connectivity index (χ0v) is 11.2. The van der Waals surface area contributed by atoms with Crippen LogP contribution in [-0.4, -0.2) is 4.68 Å². The highest BCUT2D eigenvalue weighted by Gasteiger charge is 2.08. The molecule has 1 heterocycles. The number of nitrogen functional groups attached to an aromatic ring is 1. The van der Waals surface area contributed by atoms with Crippen molar-refractivity contribution in [3.8, 4) is 22.4 Å². The molecule has 0 aliphatic carbocycles. The van der Waals surface area contributed by atoms with Gasteiger partial charge in [-0.1, -0.05) is 42.5 Å². The van der Waals surface area contributed by atoms with Crippen LogP contribution < -0.4 is 11.4 Å². The molecule has 0 aliphatic heterocycles. The molecule has 0 fully saturated rings. The Morgan fingerprint density at radius 3 is 2.14 bits per heavy atom. The Hall–Kier alpha value is -2.88. The zero-order chi connectivity index (χ0) is 14.8. The Morgan fingerprint density at radius 2 is 1.48 bits per heavy atom. The number of benzene rings is 2. The first-order valence-corrected chi connectivity index (χ1v) is 6.49. The summed E-state index contributed by atoms with van der Waals surface area (Å²) in [6, 6.07) is 18.7. The maximum absolute atomic E-state index is 13.0. The van der Waals surface area contributed by atoms with E-state index in [1.54, 1.807) is 12.1 Å². The van der Waals surface area contributed by atoms with Crippen LogP contribution in [0.4, 0.5) is 4.39 Å². The SMILES string of the molecule is Nn1c(-c2ccccc2)cc(-c2ccc(F)cc2)cc1=O. The van der Waals surface area contributed by atoms with Crippen molar-refractivity contribution < 1.29 is 4.39 Å². The number of hydrogen-bond acceptors (Lipinski definition) is 2. The fourth-order valence-electron chi connectivity index (χ4n) is 2.22. The second kappa shape index (κ2) is 5.25. The summed E-state index contributed by atoms with van der Waals surface area (Å²) in [5.41, 5.74) is 2.63. The van der Waals surface area contributed by atoms with Gasteiger partial charge in [-0.25, -0.2) is 9.07 Å². The Kier molecular flexibility index (Phi) is 3.28. The molecular weight excluding hydrogens is 267 g/mol. The van der Waals surface area contributed by atoms with Gasteiger partial charge in [-0.2, -0.15) is 0 Å². The van der Waals surface area contributed by atoms with Crippen molar-refractivity contribution in [3.63, 3.8) is 0 Å². The molecule has 104 valence electrons. The van der Waals surface area contributed by atoms with Gasteiger partial charge >= 0.3 is 0 Å². The summed E-state index contributed by atoms with van der Waals surface area (Å²) in [5, 5.41) is 0. The van der Waals surface area contributed by atoms with Gasteiger partial charge in [0.05, 0.1) is 5.69 Å². The van der Waals surface area contributed by atoms with Crippen molar-refractivity contribution in [1.82, 2.24) is 4.68 Å². The van der Waals surface area contributed by atoms with E-state index in [-0.39, 0.29) is 11.4 Å². The van der Waals surface area contributed by atoms with Crippen LogP contribution in [0.15, 0.2) is 71.5 Å². The predicted octanol–water partition coefficient (Wildman–Crippen LogP) is 3.04. The largest absolute Gasteiger partial charge is 0.336 e. The fraction of sp³-hybridized carbons (Fsp3) is 0. The van der Waals surface area contributed by atoms with Crippen LogP contribution in [0.3, 0.4) is 0 Å². The van der Waals surface area contributed by atoms with Crippen LogP contribution in [0, 0.1) is 5.82 Å². The molecule has 2 N–H and O–H groups in total. The normalized spacial score (nSPS) is 10.5. The van der Waals surface area contributed by atoms with E-state index in [1.165, 1.54) is 18.2 Å². The molecular formula is C17H13FN2O. The van der Waals surface area contributed by atoms with Crippen molar-refractivity contribution >= 4 is 0 Å². The lowest BCUT2D eigenvalue weighted by atomic mass is 10.0. The van der Waals surface area contributed by atoms with Crippen molar-refractivity contribution in [2.45, 2.75) is 0 Å². The lowest BCUT2D eigenvalue weighted by Gasteiger charge is -2.10. The Bertz CT molecular complexity index is 824. The van der Waals surface area contributed by atoms with Gasteiger partial charge in [-0.3, -0.25) is 4.79 Å². The molecule has 3 rings (SSSR count). The third-order valence-corrected chi connectivity index (χ3v) is 3.32. The molecule has 3 nitrogen and oxygen atoms in total. The highest BCUT2D eigenvalue weighted by Crippen LogP contribution is 2.24. The van der Waals surface area contributed by atoms with Crippen LogP contribution in [0.1, 0.15) is 0 Å². The molecule has 0 spiro atoms. The summed E-state index contributed by atoms with van der Waals surface area (Å²) in [6.07, 6.45) is 0. The van der Waals surface area contributed by atoms with Gasteiger partial charge < -0.3 is 5.84 Å². The molecule has 0 saturated heterocycles. The molecule has 0 atom stereocenters. The first-order valence-electron chi connectivity index (χ1n) is 6.49. The Morgan fingerprint density at radius 1 is 0.810 bits per heavy atom. The number of hydrogen-bond donors (Lipinski definition) is 1.